The number of carbonyl (C=O) groups is 1. The lowest BCUT2D eigenvalue weighted by atomic mass is 10.1. The van der Waals surface area contributed by atoms with E-state index in [1.165, 1.54) is 6.07 Å². The van der Waals surface area contributed by atoms with Crippen LogP contribution in [0.15, 0.2) is 47.3 Å². The van der Waals surface area contributed by atoms with Crippen LogP contribution in [0.25, 0.3) is 11.3 Å². The minimum Gasteiger partial charge on any atom is -0.321 e. The van der Waals surface area contributed by atoms with Gasteiger partial charge in [-0.3, -0.25) is 14.4 Å². The normalized spacial score (nSPS) is 13.9. The summed E-state index contributed by atoms with van der Waals surface area (Å²) in [5, 5.41) is 0. The summed E-state index contributed by atoms with van der Waals surface area (Å²) in [7, 11) is 0. The smallest absolute Gasteiger partial charge is 0.280 e. The van der Waals surface area contributed by atoms with Crippen LogP contribution in [-0.2, 0) is 4.84 Å². The fourth-order valence-corrected chi connectivity index (χ4v) is 2.00. The Hall–Kier alpha value is -2.40. The average Bonchev–Trinajstić information content (AvgIpc) is 3.32. The third-order valence-electron chi connectivity index (χ3n) is 3.42. The van der Waals surface area contributed by atoms with E-state index in [-0.39, 0.29) is 5.56 Å². The number of benzene rings is 1. The summed E-state index contributed by atoms with van der Waals surface area (Å²) in [6.45, 7) is 0.506. The van der Waals surface area contributed by atoms with Gasteiger partial charge in [0.2, 0.25) is 0 Å². The highest BCUT2D eigenvalue weighted by molar-refractivity contribution is 5.93. The minimum atomic E-state index is -0.517. The first kappa shape index (κ1) is 13.6. The molecule has 1 aromatic heterocycles. The molecule has 0 spiro atoms. The van der Waals surface area contributed by atoms with Crippen molar-refractivity contribution in [3.05, 3.63) is 58.4 Å². The standard InChI is InChI=1S/C16H16N2O3/c19-15-13(16(20)18-21-10-11-6-7-11)8-9-14(17-15)12-4-2-1-3-5-12/h1-5,8-9,11H,6-7,10H2,(H,17,19)(H,18,20). The Morgan fingerprint density at radius 1 is 1.19 bits per heavy atom. The first-order valence-electron chi connectivity index (χ1n) is 6.95. The first-order chi connectivity index (χ1) is 10.2. The lowest BCUT2D eigenvalue weighted by Crippen LogP contribution is -2.30. The van der Waals surface area contributed by atoms with Crippen molar-refractivity contribution in [2.75, 3.05) is 6.61 Å². The summed E-state index contributed by atoms with van der Waals surface area (Å²) in [5.74, 6) is 0.0283. The topological polar surface area (TPSA) is 71.2 Å². The molecule has 0 bridgehead atoms. The van der Waals surface area contributed by atoms with E-state index in [4.69, 9.17) is 4.84 Å². The van der Waals surface area contributed by atoms with Gasteiger partial charge in [0.15, 0.2) is 0 Å². The summed E-state index contributed by atoms with van der Waals surface area (Å²) < 4.78 is 0. The largest absolute Gasteiger partial charge is 0.321 e. The number of nitrogens with one attached hydrogen (secondary N) is 2. The lowest BCUT2D eigenvalue weighted by molar-refractivity contribution is 0.0269. The summed E-state index contributed by atoms with van der Waals surface area (Å²) in [6, 6.07) is 12.7. The molecule has 2 N–H and O–H groups in total. The maximum Gasteiger partial charge on any atom is 0.280 e. The van der Waals surface area contributed by atoms with Crippen molar-refractivity contribution >= 4 is 5.91 Å². The van der Waals surface area contributed by atoms with E-state index in [1.807, 2.05) is 30.3 Å². The number of hydrogen-bond donors (Lipinski definition) is 2. The van der Waals surface area contributed by atoms with Gasteiger partial charge in [0, 0.05) is 5.69 Å². The van der Waals surface area contributed by atoms with Gasteiger partial charge in [0.1, 0.15) is 5.56 Å². The van der Waals surface area contributed by atoms with Crippen molar-refractivity contribution in [2.24, 2.45) is 5.92 Å². The molecule has 2 aromatic rings. The molecule has 1 saturated carbocycles. The number of H-pyrrole nitrogens is 1. The van der Waals surface area contributed by atoms with Crippen molar-refractivity contribution in [3.63, 3.8) is 0 Å². The fourth-order valence-electron chi connectivity index (χ4n) is 2.00. The van der Waals surface area contributed by atoms with Crippen molar-refractivity contribution < 1.29 is 9.63 Å². The maximum absolute atomic E-state index is 12.0. The molecular weight excluding hydrogens is 268 g/mol. The molecule has 0 unspecified atom stereocenters. The van der Waals surface area contributed by atoms with Gasteiger partial charge >= 0.3 is 0 Å². The minimum absolute atomic E-state index is 0.0467. The zero-order valence-corrected chi connectivity index (χ0v) is 11.5. The summed E-state index contributed by atoms with van der Waals surface area (Å²) in [4.78, 5) is 31.7. The number of carbonyl (C=O) groups excluding carboxylic acids is 1. The van der Waals surface area contributed by atoms with Gasteiger partial charge in [-0.2, -0.15) is 0 Å². The molecule has 1 heterocycles. The Morgan fingerprint density at radius 3 is 2.62 bits per heavy atom. The summed E-state index contributed by atoms with van der Waals surface area (Å²) >= 11 is 0. The molecular formula is C16H16N2O3. The Bertz CT molecular complexity index is 690. The second-order valence-corrected chi connectivity index (χ2v) is 5.17. The van der Waals surface area contributed by atoms with Gasteiger partial charge in [0.05, 0.1) is 6.61 Å². The highest BCUT2D eigenvalue weighted by atomic mass is 16.7. The number of hydroxylamine groups is 1. The Balaban J connectivity index is 1.71. The van der Waals surface area contributed by atoms with Crippen LogP contribution in [0.4, 0.5) is 0 Å². The maximum atomic E-state index is 12.0. The molecule has 0 saturated heterocycles. The van der Waals surface area contributed by atoms with Crippen LogP contribution in [0.2, 0.25) is 0 Å². The number of aromatic nitrogens is 1. The molecule has 1 aliphatic carbocycles. The van der Waals surface area contributed by atoms with Gasteiger partial charge in [-0.15, -0.1) is 0 Å². The molecule has 5 heteroatoms. The number of aromatic amines is 1. The second kappa shape index (κ2) is 5.93. The number of hydrogen-bond acceptors (Lipinski definition) is 3. The monoisotopic (exact) mass is 284 g/mol. The van der Waals surface area contributed by atoms with Crippen LogP contribution in [0, 0.1) is 5.92 Å². The van der Waals surface area contributed by atoms with Gasteiger partial charge in [-0.05, 0) is 36.5 Å². The molecule has 3 rings (SSSR count). The number of rotatable bonds is 5. The van der Waals surface area contributed by atoms with Gasteiger partial charge in [0.25, 0.3) is 11.5 Å². The van der Waals surface area contributed by atoms with E-state index in [0.29, 0.717) is 18.2 Å². The number of amides is 1. The first-order valence-corrected chi connectivity index (χ1v) is 6.95. The predicted octanol–water partition coefficient (Wildman–Crippen LogP) is 2.11. The molecule has 0 atom stereocenters. The molecule has 1 fully saturated rings. The van der Waals surface area contributed by atoms with Gasteiger partial charge < -0.3 is 4.98 Å². The molecule has 0 radical (unpaired) electrons. The van der Waals surface area contributed by atoms with Crippen LogP contribution in [0.1, 0.15) is 23.2 Å². The van der Waals surface area contributed by atoms with E-state index < -0.39 is 11.5 Å². The van der Waals surface area contributed by atoms with E-state index in [9.17, 15) is 9.59 Å². The van der Waals surface area contributed by atoms with Crippen LogP contribution in [0.3, 0.4) is 0 Å². The molecule has 21 heavy (non-hydrogen) atoms. The van der Waals surface area contributed by atoms with Gasteiger partial charge in [-0.1, -0.05) is 30.3 Å². The van der Waals surface area contributed by atoms with Crippen molar-refractivity contribution in [3.8, 4) is 11.3 Å². The van der Waals surface area contributed by atoms with E-state index in [2.05, 4.69) is 10.5 Å². The SMILES string of the molecule is O=C(NOCC1CC1)c1ccc(-c2ccccc2)[nH]c1=O. The average molecular weight is 284 g/mol. The lowest BCUT2D eigenvalue weighted by Gasteiger charge is -2.06. The Kier molecular flexibility index (Phi) is 3.83. The van der Waals surface area contributed by atoms with Crippen LogP contribution < -0.4 is 11.0 Å². The molecule has 1 aromatic carbocycles. The molecule has 5 nitrogen and oxygen atoms in total. The molecule has 1 aliphatic rings. The number of pyridine rings is 1. The van der Waals surface area contributed by atoms with Crippen molar-refractivity contribution in [1.29, 1.82) is 0 Å². The zero-order chi connectivity index (χ0) is 14.7. The van der Waals surface area contributed by atoms with Crippen LogP contribution >= 0.6 is 0 Å². The Morgan fingerprint density at radius 2 is 1.95 bits per heavy atom. The predicted molar refractivity (Wildman–Crippen MR) is 78.6 cm³/mol. The van der Waals surface area contributed by atoms with E-state index in [1.54, 1.807) is 6.07 Å². The third-order valence-corrected chi connectivity index (χ3v) is 3.42. The molecule has 1 amide bonds. The van der Waals surface area contributed by atoms with Crippen molar-refractivity contribution in [1.82, 2.24) is 10.5 Å². The van der Waals surface area contributed by atoms with Crippen molar-refractivity contribution in [2.45, 2.75) is 12.8 Å². The summed E-state index contributed by atoms with van der Waals surface area (Å²) in [5.41, 5.74) is 3.50. The van der Waals surface area contributed by atoms with E-state index in [0.717, 1.165) is 18.4 Å². The highest BCUT2D eigenvalue weighted by Gasteiger charge is 2.22. The third kappa shape index (κ3) is 3.38. The molecule has 0 aliphatic heterocycles. The van der Waals surface area contributed by atoms with E-state index >= 15 is 0 Å². The van der Waals surface area contributed by atoms with Crippen LogP contribution in [0.5, 0.6) is 0 Å². The zero-order valence-electron chi connectivity index (χ0n) is 11.5. The Labute approximate surface area is 121 Å². The second-order valence-electron chi connectivity index (χ2n) is 5.17. The fraction of sp³-hybridized carbons (Fsp3) is 0.250. The quantitative estimate of drug-likeness (QED) is 0.826. The van der Waals surface area contributed by atoms with Gasteiger partial charge in [-0.25, -0.2) is 5.48 Å². The van der Waals surface area contributed by atoms with Crippen LogP contribution in [-0.4, -0.2) is 17.5 Å². The summed E-state index contributed by atoms with van der Waals surface area (Å²) in [6.07, 6.45) is 2.28. The molecule has 108 valence electrons. The highest BCUT2D eigenvalue weighted by Crippen LogP contribution is 2.28.